The van der Waals surface area contributed by atoms with Crippen LogP contribution >= 0.6 is 0 Å². The first-order chi connectivity index (χ1) is 16.2. The number of aryl methyl sites for hydroxylation is 2. The van der Waals surface area contributed by atoms with E-state index >= 15 is 0 Å². The normalized spacial score (nSPS) is 11.5. The van der Waals surface area contributed by atoms with Crippen molar-refractivity contribution in [2.75, 3.05) is 39.6 Å². The smallest absolute Gasteiger partial charge is 0.0730 e. The second-order valence-corrected chi connectivity index (χ2v) is 8.32. The van der Waals surface area contributed by atoms with Crippen molar-refractivity contribution in [1.82, 2.24) is 0 Å². The topological polar surface area (TPSA) is 47.9 Å². The van der Waals surface area contributed by atoms with Crippen molar-refractivity contribution >= 4 is 21.5 Å². The summed E-state index contributed by atoms with van der Waals surface area (Å²) in [4.78, 5) is 0. The van der Waals surface area contributed by atoms with E-state index in [2.05, 4.69) is 80.6 Å². The van der Waals surface area contributed by atoms with Crippen molar-refractivity contribution in [3.8, 4) is 11.1 Å². The molecule has 172 valence electrons. The van der Waals surface area contributed by atoms with Crippen LogP contribution in [0.1, 0.15) is 16.7 Å². The predicted molar refractivity (Wildman–Crippen MR) is 135 cm³/mol. The molecule has 0 spiro atoms. The third-order valence-electron chi connectivity index (χ3n) is 5.83. The van der Waals surface area contributed by atoms with E-state index in [0.29, 0.717) is 39.6 Å². The maximum atomic E-state index is 8.74. The number of rotatable bonds is 11. The number of ether oxygens (including phenoxy) is 3. The lowest BCUT2D eigenvalue weighted by atomic mass is 9.87. The minimum Gasteiger partial charge on any atom is -0.394 e. The maximum absolute atomic E-state index is 8.74. The Labute approximate surface area is 195 Å². The lowest BCUT2D eigenvalue weighted by Crippen LogP contribution is -2.11. The molecule has 0 aliphatic heterocycles. The Morgan fingerprint density at radius 3 is 1.85 bits per heavy atom. The minimum atomic E-state index is 0.0334. The van der Waals surface area contributed by atoms with Gasteiger partial charge in [0.2, 0.25) is 0 Å². The van der Waals surface area contributed by atoms with Crippen LogP contribution in [-0.2, 0) is 20.8 Å². The largest absolute Gasteiger partial charge is 0.394 e. The molecule has 0 saturated carbocycles. The summed E-state index contributed by atoms with van der Waals surface area (Å²) in [5, 5.41) is 13.8. The summed E-state index contributed by atoms with van der Waals surface area (Å²) in [6.45, 7) is 7.17. The van der Waals surface area contributed by atoms with E-state index in [-0.39, 0.29) is 6.61 Å². The van der Waals surface area contributed by atoms with E-state index < -0.39 is 0 Å². The van der Waals surface area contributed by atoms with Gasteiger partial charge < -0.3 is 19.3 Å². The fourth-order valence-electron chi connectivity index (χ4n) is 4.30. The van der Waals surface area contributed by atoms with Gasteiger partial charge in [0, 0.05) is 0 Å². The highest BCUT2D eigenvalue weighted by atomic mass is 16.5. The maximum Gasteiger partial charge on any atom is 0.0730 e. The van der Waals surface area contributed by atoms with Gasteiger partial charge in [-0.05, 0) is 52.1 Å². The number of hydrogen-bond donors (Lipinski definition) is 1. The number of fused-ring (bicyclic) bond motifs is 3. The van der Waals surface area contributed by atoms with Crippen LogP contribution in [0.3, 0.4) is 0 Å². The minimum absolute atomic E-state index is 0.0334. The molecule has 33 heavy (non-hydrogen) atoms. The van der Waals surface area contributed by atoms with Gasteiger partial charge in [0.1, 0.15) is 0 Å². The monoisotopic (exact) mass is 444 g/mol. The molecule has 0 aliphatic rings. The number of aliphatic hydroxyl groups excluding tert-OH is 1. The summed E-state index contributed by atoms with van der Waals surface area (Å²) < 4.78 is 16.9. The molecule has 4 aromatic rings. The van der Waals surface area contributed by atoms with Crippen LogP contribution in [0.4, 0.5) is 0 Å². The molecule has 0 aromatic heterocycles. The molecule has 4 heteroatoms. The Kier molecular flexibility index (Phi) is 8.08. The van der Waals surface area contributed by atoms with Gasteiger partial charge in [-0.2, -0.15) is 0 Å². The van der Waals surface area contributed by atoms with Gasteiger partial charge in [0.05, 0.1) is 46.2 Å². The van der Waals surface area contributed by atoms with Crippen molar-refractivity contribution in [3.05, 3.63) is 83.4 Å². The Balaban J connectivity index is 1.66. The van der Waals surface area contributed by atoms with Crippen molar-refractivity contribution in [2.45, 2.75) is 20.5 Å². The van der Waals surface area contributed by atoms with Crippen LogP contribution in [0.15, 0.2) is 66.7 Å². The van der Waals surface area contributed by atoms with Gasteiger partial charge >= 0.3 is 0 Å². The summed E-state index contributed by atoms with van der Waals surface area (Å²) in [7, 11) is 0. The summed E-state index contributed by atoms with van der Waals surface area (Å²) in [5.41, 5.74) is 6.15. The molecule has 0 amide bonds. The van der Waals surface area contributed by atoms with Gasteiger partial charge in [-0.3, -0.25) is 0 Å². The first kappa shape index (κ1) is 23.4. The van der Waals surface area contributed by atoms with E-state index in [1.165, 1.54) is 49.4 Å². The van der Waals surface area contributed by atoms with Gasteiger partial charge in [0.25, 0.3) is 0 Å². The molecule has 0 saturated heterocycles. The van der Waals surface area contributed by atoms with E-state index in [0.717, 1.165) is 0 Å². The van der Waals surface area contributed by atoms with Crippen LogP contribution in [0.5, 0.6) is 0 Å². The standard InChI is InChI=1S/C29H32O4/c1-21-8-10-24-26(18-21)27-19-22(2)9-11-25(27)29(23-6-4-3-5-7-23)28(24)20-33-17-16-32-15-14-31-13-12-30/h3-11,18-19,30H,12-17,20H2,1-2H3. The highest BCUT2D eigenvalue weighted by Crippen LogP contribution is 2.40. The molecule has 0 aliphatic carbocycles. The summed E-state index contributed by atoms with van der Waals surface area (Å²) in [5.74, 6) is 0. The van der Waals surface area contributed by atoms with Crippen LogP contribution in [0.25, 0.3) is 32.7 Å². The molecule has 0 bridgehead atoms. The Morgan fingerprint density at radius 1 is 0.606 bits per heavy atom. The van der Waals surface area contributed by atoms with Crippen molar-refractivity contribution < 1.29 is 19.3 Å². The Bertz CT molecular complexity index is 1200. The fraction of sp³-hybridized carbons (Fsp3) is 0.310. The van der Waals surface area contributed by atoms with E-state index in [1.807, 2.05) is 0 Å². The Morgan fingerprint density at radius 2 is 1.18 bits per heavy atom. The quantitative estimate of drug-likeness (QED) is 0.234. The second-order valence-electron chi connectivity index (χ2n) is 8.32. The van der Waals surface area contributed by atoms with Crippen molar-refractivity contribution in [2.24, 2.45) is 0 Å². The third kappa shape index (κ3) is 5.60. The van der Waals surface area contributed by atoms with E-state index in [4.69, 9.17) is 19.3 Å². The van der Waals surface area contributed by atoms with E-state index in [1.54, 1.807) is 0 Å². The zero-order chi connectivity index (χ0) is 23.0. The van der Waals surface area contributed by atoms with Crippen molar-refractivity contribution in [3.63, 3.8) is 0 Å². The molecular weight excluding hydrogens is 412 g/mol. The molecule has 1 N–H and O–H groups in total. The number of benzene rings is 4. The molecule has 4 nitrogen and oxygen atoms in total. The highest BCUT2D eigenvalue weighted by molar-refractivity contribution is 6.16. The summed E-state index contributed by atoms with van der Waals surface area (Å²) in [6.07, 6.45) is 0. The van der Waals surface area contributed by atoms with Crippen LogP contribution in [0, 0.1) is 13.8 Å². The van der Waals surface area contributed by atoms with E-state index in [9.17, 15) is 0 Å². The third-order valence-corrected chi connectivity index (χ3v) is 5.83. The molecule has 0 unspecified atom stereocenters. The predicted octanol–water partition coefficient (Wildman–Crippen LogP) is 5.82. The van der Waals surface area contributed by atoms with Gasteiger partial charge in [-0.1, -0.05) is 77.9 Å². The van der Waals surface area contributed by atoms with Gasteiger partial charge in [-0.25, -0.2) is 0 Å². The lowest BCUT2D eigenvalue weighted by Gasteiger charge is -2.19. The number of aliphatic hydroxyl groups is 1. The SMILES string of the molecule is Cc1ccc2c(COCCOCCOCCO)c(-c3ccccc3)c3ccc(C)cc3c2c1. The van der Waals surface area contributed by atoms with Crippen LogP contribution < -0.4 is 0 Å². The van der Waals surface area contributed by atoms with Gasteiger partial charge in [-0.15, -0.1) is 0 Å². The second kappa shape index (κ2) is 11.4. The highest BCUT2D eigenvalue weighted by Gasteiger charge is 2.16. The summed E-state index contributed by atoms with van der Waals surface area (Å²) >= 11 is 0. The Hall–Kier alpha value is -2.76. The molecular formula is C29H32O4. The lowest BCUT2D eigenvalue weighted by molar-refractivity contribution is 0.00473. The molecule has 0 atom stereocenters. The van der Waals surface area contributed by atoms with Crippen molar-refractivity contribution in [1.29, 1.82) is 0 Å². The molecule has 0 heterocycles. The zero-order valence-corrected chi connectivity index (χ0v) is 19.5. The first-order valence-electron chi connectivity index (χ1n) is 11.5. The molecule has 4 aromatic carbocycles. The molecule has 0 fully saturated rings. The van der Waals surface area contributed by atoms with Crippen LogP contribution in [0.2, 0.25) is 0 Å². The summed E-state index contributed by atoms with van der Waals surface area (Å²) in [6, 6.07) is 24.0. The molecule has 0 radical (unpaired) electrons. The van der Waals surface area contributed by atoms with Crippen LogP contribution in [-0.4, -0.2) is 44.7 Å². The number of hydrogen-bond acceptors (Lipinski definition) is 4. The molecule has 4 rings (SSSR count). The zero-order valence-electron chi connectivity index (χ0n) is 19.5. The van der Waals surface area contributed by atoms with Gasteiger partial charge in [0.15, 0.2) is 0 Å². The fourth-order valence-corrected chi connectivity index (χ4v) is 4.30. The average Bonchev–Trinajstić information content (AvgIpc) is 2.83. The average molecular weight is 445 g/mol. The first-order valence-corrected chi connectivity index (χ1v) is 11.5.